The molecule has 1 aliphatic rings. The van der Waals surface area contributed by atoms with Crippen molar-refractivity contribution in [2.75, 3.05) is 33.9 Å². The van der Waals surface area contributed by atoms with Crippen LogP contribution < -0.4 is 20.1 Å². The summed E-state index contributed by atoms with van der Waals surface area (Å²) in [6.07, 6.45) is 1.20. The normalized spacial score (nSPS) is 14.8. The Morgan fingerprint density at radius 3 is 2.23 bits per heavy atom. The van der Waals surface area contributed by atoms with Gasteiger partial charge in [-0.1, -0.05) is 26.0 Å². The van der Waals surface area contributed by atoms with Crippen molar-refractivity contribution in [2.45, 2.75) is 32.7 Å². The topological polar surface area (TPSA) is 97.0 Å². The van der Waals surface area contributed by atoms with Crippen molar-refractivity contribution in [1.82, 2.24) is 15.5 Å². The fourth-order valence-electron chi connectivity index (χ4n) is 4.21. The number of para-hydroxylation sites is 1. The van der Waals surface area contributed by atoms with Crippen LogP contribution in [0.3, 0.4) is 0 Å². The lowest BCUT2D eigenvalue weighted by atomic mass is 9.88. The second-order valence-electron chi connectivity index (χ2n) is 9.15. The summed E-state index contributed by atoms with van der Waals surface area (Å²) in [7, 11) is 3.11. The molecule has 2 N–H and O–H groups in total. The van der Waals surface area contributed by atoms with Gasteiger partial charge >= 0.3 is 0 Å². The average Bonchev–Trinajstić information content (AvgIpc) is 2.89. The summed E-state index contributed by atoms with van der Waals surface area (Å²) in [5, 5.41) is 5.90. The molecule has 2 aromatic rings. The number of ether oxygens (including phenoxy) is 2. The molecule has 35 heavy (non-hydrogen) atoms. The van der Waals surface area contributed by atoms with Crippen molar-refractivity contribution in [1.29, 1.82) is 0 Å². The van der Waals surface area contributed by atoms with Crippen LogP contribution >= 0.6 is 0 Å². The van der Waals surface area contributed by atoms with E-state index >= 15 is 0 Å². The van der Waals surface area contributed by atoms with Gasteiger partial charge in [0, 0.05) is 25.2 Å². The first kappa shape index (κ1) is 26.1. The van der Waals surface area contributed by atoms with Gasteiger partial charge < -0.3 is 25.0 Å². The molecule has 8 nitrogen and oxygen atoms in total. The Hall–Kier alpha value is -3.55. The lowest BCUT2D eigenvalue weighted by Gasteiger charge is -2.36. The minimum absolute atomic E-state index is 0.0916. The zero-order valence-electron chi connectivity index (χ0n) is 20.9. The van der Waals surface area contributed by atoms with E-state index in [4.69, 9.17) is 9.47 Å². The van der Waals surface area contributed by atoms with Crippen LogP contribution in [0.4, 0.5) is 0 Å². The van der Waals surface area contributed by atoms with E-state index in [1.165, 1.54) is 0 Å². The molecule has 0 spiro atoms. The number of amides is 3. The van der Waals surface area contributed by atoms with Gasteiger partial charge in [0.05, 0.1) is 19.8 Å². The number of hydrogen-bond acceptors (Lipinski definition) is 5. The van der Waals surface area contributed by atoms with Gasteiger partial charge in [-0.15, -0.1) is 0 Å². The number of carbonyl (C=O) groups excluding carboxylic acids is 3. The van der Waals surface area contributed by atoms with E-state index in [0.29, 0.717) is 55.1 Å². The maximum Gasteiger partial charge on any atom is 0.257 e. The SMILES string of the molecule is COc1ccc(C(=O)N[C@H](C(=O)NCC(C)C)C2CCN(C(=O)c3ccccc3OC)CC2)cc1. The van der Waals surface area contributed by atoms with E-state index in [2.05, 4.69) is 10.6 Å². The minimum Gasteiger partial charge on any atom is -0.497 e. The van der Waals surface area contributed by atoms with Crippen LogP contribution in [0.1, 0.15) is 47.4 Å². The summed E-state index contributed by atoms with van der Waals surface area (Å²) in [4.78, 5) is 40.9. The predicted molar refractivity (Wildman–Crippen MR) is 134 cm³/mol. The number of benzene rings is 2. The first-order valence-corrected chi connectivity index (χ1v) is 12.0. The van der Waals surface area contributed by atoms with E-state index in [0.717, 1.165) is 0 Å². The smallest absolute Gasteiger partial charge is 0.257 e. The van der Waals surface area contributed by atoms with Crippen LogP contribution in [0.2, 0.25) is 0 Å². The number of likely N-dealkylation sites (tertiary alicyclic amines) is 1. The fraction of sp³-hybridized carbons (Fsp3) is 0.444. The summed E-state index contributed by atoms with van der Waals surface area (Å²) in [6.45, 7) is 5.56. The number of nitrogens with one attached hydrogen (secondary N) is 2. The zero-order valence-corrected chi connectivity index (χ0v) is 20.9. The zero-order chi connectivity index (χ0) is 25.4. The maximum absolute atomic E-state index is 13.1. The maximum atomic E-state index is 13.1. The molecule has 0 saturated carbocycles. The average molecular weight is 482 g/mol. The molecule has 0 unspecified atom stereocenters. The predicted octanol–water partition coefficient (Wildman–Crippen LogP) is 3.13. The molecular weight excluding hydrogens is 446 g/mol. The molecule has 0 aromatic heterocycles. The second-order valence-corrected chi connectivity index (χ2v) is 9.15. The highest BCUT2D eigenvalue weighted by Crippen LogP contribution is 2.26. The van der Waals surface area contributed by atoms with Crippen LogP contribution in [0.15, 0.2) is 48.5 Å². The van der Waals surface area contributed by atoms with Gasteiger partial charge in [0.15, 0.2) is 0 Å². The third kappa shape index (κ3) is 6.74. The van der Waals surface area contributed by atoms with E-state index < -0.39 is 6.04 Å². The Morgan fingerprint density at radius 1 is 0.971 bits per heavy atom. The molecule has 1 atom stereocenters. The number of methoxy groups -OCH3 is 2. The summed E-state index contributed by atoms with van der Waals surface area (Å²) >= 11 is 0. The van der Waals surface area contributed by atoms with Gasteiger partial charge in [0.2, 0.25) is 5.91 Å². The Balaban J connectivity index is 1.70. The minimum atomic E-state index is -0.688. The van der Waals surface area contributed by atoms with Gasteiger partial charge in [-0.05, 0) is 61.1 Å². The van der Waals surface area contributed by atoms with Crippen molar-refractivity contribution >= 4 is 17.7 Å². The van der Waals surface area contributed by atoms with Crippen LogP contribution in [0.5, 0.6) is 11.5 Å². The number of carbonyl (C=O) groups is 3. The van der Waals surface area contributed by atoms with E-state index in [1.54, 1.807) is 55.5 Å². The molecule has 1 heterocycles. The van der Waals surface area contributed by atoms with Crippen LogP contribution in [0, 0.1) is 11.8 Å². The Kier molecular flexibility index (Phi) is 9.11. The highest BCUT2D eigenvalue weighted by molar-refractivity contribution is 5.98. The summed E-state index contributed by atoms with van der Waals surface area (Å²) in [6, 6.07) is 13.2. The fourth-order valence-corrected chi connectivity index (χ4v) is 4.21. The van der Waals surface area contributed by atoms with E-state index in [9.17, 15) is 14.4 Å². The third-order valence-electron chi connectivity index (χ3n) is 6.24. The summed E-state index contributed by atoms with van der Waals surface area (Å²) < 4.78 is 10.5. The molecule has 2 aromatic carbocycles. The van der Waals surface area contributed by atoms with E-state index in [1.807, 2.05) is 26.0 Å². The number of hydrogen-bond donors (Lipinski definition) is 2. The summed E-state index contributed by atoms with van der Waals surface area (Å²) in [5.74, 6) is 0.782. The molecular formula is C27H35N3O5. The van der Waals surface area contributed by atoms with Gasteiger partial charge in [0.1, 0.15) is 17.5 Å². The second kappa shape index (κ2) is 12.2. The van der Waals surface area contributed by atoms with Crippen molar-refractivity contribution in [3.05, 3.63) is 59.7 Å². The monoisotopic (exact) mass is 481 g/mol. The lowest BCUT2D eigenvalue weighted by Crippen LogP contribution is -2.54. The molecule has 8 heteroatoms. The largest absolute Gasteiger partial charge is 0.497 e. The van der Waals surface area contributed by atoms with Gasteiger partial charge in [-0.2, -0.15) is 0 Å². The Morgan fingerprint density at radius 2 is 1.63 bits per heavy atom. The molecule has 0 aliphatic carbocycles. The number of nitrogens with zero attached hydrogens (tertiary/aromatic N) is 1. The van der Waals surface area contributed by atoms with Gasteiger partial charge in [-0.25, -0.2) is 0 Å². The molecule has 0 bridgehead atoms. The first-order chi connectivity index (χ1) is 16.8. The van der Waals surface area contributed by atoms with Crippen molar-refractivity contribution in [3.63, 3.8) is 0 Å². The highest BCUT2D eigenvalue weighted by atomic mass is 16.5. The third-order valence-corrected chi connectivity index (χ3v) is 6.24. The van der Waals surface area contributed by atoms with Gasteiger partial charge in [0.25, 0.3) is 11.8 Å². The number of piperidine rings is 1. The standard InChI is InChI=1S/C27H35N3O5/c1-18(2)17-28-26(32)24(29-25(31)20-9-11-21(34-3)12-10-20)19-13-15-30(16-14-19)27(33)22-7-5-6-8-23(22)35-4/h5-12,18-19,24H,13-17H2,1-4H3,(H,28,32)(H,29,31)/t24-/m0/s1. The molecule has 1 aliphatic heterocycles. The van der Waals surface area contributed by atoms with Crippen molar-refractivity contribution < 1.29 is 23.9 Å². The Labute approximate surface area is 207 Å². The van der Waals surface area contributed by atoms with Crippen molar-refractivity contribution in [3.8, 4) is 11.5 Å². The molecule has 1 fully saturated rings. The lowest BCUT2D eigenvalue weighted by molar-refractivity contribution is -0.124. The molecule has 3 rings (SSSR count). The van der Waals surface area contributed by atoms with E-state index in [-0.39, 0.29) is 29.6 Å². The Bertz CT molecular complexity index is 1010. The quantitative estimate of drug-likeness (QED) is 0.574. The van der Waals surface area contributed by atoms with Crippen LogP contribution in [-0.2, 0) is 4.79 Å². The van der Waals surface area contributed by atoms with Gasteiger partial charge in [-0.3, -0.25) is 14.4 Å². The molecule has 188 valence electrons. The number of rotatable bonds is 9. The first-order valence-electron chi connectivity index (χ1n) is 12.0. The van der Waals surface area contributed by atoms with Crippen molar-refractivity contribution in [2.24, 2.45) is 11.8 Å². The summed E-state index contributed by atoms with van der Waals surface area (Å²) in [5.41, 5.74) is 0.976. The van der Waals surface area contributed by atoms with Crippen LogP contribution in [-0.4, -0.2) is 62.5 Å². The molecule has 0 radical (unpaired) electrons. The van der Waals surface area contributed by atoms with Crippen LogP contribution in [0.25, 0.3) is 0 Å². The highest BCUT2D eigenvalue weighted by Gasteiger charge is 2.34. The molecule has 1 saturated heterocycles. The molecule has 3 amide bonds.